The van der Waals surface area contributed by atoms with Crippen molar-refractivity contribution in [3.05, 3.63) is 47.8 Å². The third-order valence-corrected chi connectivity index (χ3v) is 5.62. The first-order valence-corrected chi connectivity index (χ1v) is 10.6. The van der Waals surface area contributed by atoms with E-state index in [0.717, 1.165) is 50.1 Å². The predicted molar refractivity (Wildman–Crippen MR) is 111 cm³/mol. The fourth-order valence-electron chi connectivity index (χ4n) is 3.88. The highest BCUT2D eigenvalue weighted by Gasteiger charge is 2.24. The SMILES string of the molecule is O=C(CCC1CCCN(c2cc(NC3CC3)ncn2)C1)NCc1cc(F)cc(F)c1. The van der Waals surface area contributed by atoms with E-state index in [1.165, 1.54) is 25.0 Å². The fourth-order valence-corrected chi connectivity index (χ4v) is 3.88. The number of nitrogens with zero attached hydrogens (tertiary/aromatic N) is 3. The third kappa shape index (κ3) is 5.87. The molecule has 1 atom stereocenters. The molecule has 30 heavy (non-hydrogen) atoms. The van der Waals surface area contributed by atoms with E-state index >= 15 is 0 Å². The first kappa shape index (κ1) is 20.5. The van der Waals surface area contributed by atoms with E-state index in [9.17, 15) is 13.6 Å². The molecule has 1 aliphatic heterocycles. The summed E-state index contributed by atoms with van der Waals surface area (Å²) in [7, 11) is 0. The quantitative estimate of drug-likeness (QED) is 0.689. The van der Waals surface area contributed by atoms with Crippen LogP contribution in [0.4, 0.5) is 20.4 Å². The number of anilines is 2. The summed E-state index contributed by atoms with van der Waals surface area (Å²) in [5.74, 6) is 0.831. The highest BCUT2D eigenvalue weighted by molar-refractivity contribution is 5.75. The number of piperidine rings is 1. The van der Waals surface area contributed by atoms with E-state index in [-0.39, 0.29) is 12.5 Å². The van der Waals surface area contributed by atoms with Crippen LogP contribution in [0.2, 0.25) is 0 Å². The van der Waals surface area contributed by atoms with Crippen molar-refractivity contribution < 1.29 is 13.6 Å². The third-order valence-electron chi connectivity index (χ3n) is 5.62. The molecule has 2 aliphatic rings. The maximum atomic E-state index is 13.2. The summed E-state index contributed by atoms with van der Waals surface area (Å²) in [6.45, 7) is 1.94. The smallest absolute Gasteiger partial charge is 0.220 e. The second kappa shape index (κ2) is 9.36. The van der Waals surface area contributed by atoms with E-state index in [1.807, 2.05) is 6.07 Å². The highest BCUT2D eigenvalue weighted by Crippen LogP contribution is 2.27. The molecule has 0 bridgehead atoms. The molecule has 1 aromatic carbocycles. The molecule has 2 N–H and O–H groups in total. The molecule has 1 aromatic heterocycles. The van der Waals surface area contributed by atoms with Gasteiger partial charge in [0.1, 0.15) is 29.6 Å². The maximum absolute atomic E-state index is 13.2. The Labute approximate surface area is 175 Å². The molecular weight excluding hydrogens is 388 g/mol. The van der Waals surface area contributed by atoms with Crippen LogP contribution in [0.5, 0.6) is 0 Å². The van der Waals surface area contributed by atoms with Crippen molar-refractivity contribution >= 4 is 17.5 Å². The molecule has 2 heterocycles. The Morgan fingerprint density at radius 3 is 2.67 bits per heavy atom. The minimum absolute atomic E-state index is 0.102. The second-order valence-electron chi connectivity index (χ2n) is 8.23. The molecule has 6 nitrogen and oxygen atoms in total. The van der Waals surface area contributed by atoms with Crippen LogP contribution in [0.25, 0.3) is 0 Å². The van der Waals surface area contributed by atoms with Crippen LogP contribution in [0.1, 0.15) is 44.1 Å². The number of amides is 1. The van der Waals surface area contributed by atoms with E-state index < -0.39 is 11.6 Å². The number of halogens is 2. The Bertz CT molecular complexity index is 869. The molecule has 8 heteroatoms. The van der Waals surface area contributed by atoms with Crippen LogP contribution in [0.15, 0.2) is 30.6 Å². The molecular formula is C22H27F2N5O. The number of aromatic nitrogens is 2. The van der Waals surface area contributed by atoms with Crippen LogP contribution in [-0.2, 0) is 11.3 Å². The number of rotatable bonds is 8. The van der Waals surface area contributed by atoms with Crippen molar-refractivity contribution in [2.45, 2.75) is 51.1 Å². The zero-order valence-electron chi connectivity index (χ0n) is 16.9. The summed E-state index contributed by atoms with van der Waals surface area (Å²) in [6, 6.07) is 5.84. The van der Waals surface area contributed by atoms with Crippen LogP contribution in [-0.4, -0.2) is 35.0 Å². The van der Waals surface area contributed by atoms with Gasteiger partial charge in [-0.05, 0) is 55.7 Å². The van der Waals surface area contributed by atoms with Gasteiger partial charge in [0, 0.05) is 44.2 Å². The van der Waals surface area contributed by atoms with Gasteiger partial charge in [-0.1, -0.05) is 0 Å². The molecule has 0 spiro atoms. The summed E-state index contributed by atoms with van der Waals surface area (Å²) in [4.78, 5) is 23.2. The molecule has 1 aliphatic carbocycles. The normalized spacial score (nSPS) is 18.9. The molecule has 2 aromatic rings. The van der Waals surface area contributed by atoms with Crippen LogP contribution in [0.3, 0.4) is 0 Å². The lowest BCUT2D eigenvalue weighted by Crippen LogP contribution is -2.36. The second-order valence-corrected chi connectivity index (χ2v) is 8.23. The Balaban J connectivity index is 1.24. The Morgan fingerprint density at radius 2 is 1.90 bits per heavy atom. The van der Waals surface area contributed by atoms with Crippen molar-refractivity contribution in [3.63, 3.8) is 0 Å². The lowest BCUT2D eigenvalue weighted by molar-refractivity contribution is -0.121. The van der Waals surface area contributed by atoms with Gasteiger partial charge in [0.05, 0.1) is 0 Å². The lowest BCUT2D eigenvalue weighted by atomic mass is 9.93. The number of carbonyl (C=O) groups excluding carboxylic acids is 1. The van der Waals surface area contributed by atoms with Crippen LogP contribution >= 0.6 is 0 Å². The first-order valence-electron chi connectivity index (χ1n) is 10.6. The average Bonchev–Trinajstić information content (AvgIpc) is 3.54. The summed E-state index contributed by atoms with van der Waals surface area (Å²) in [5.41, 5.74) is 0.420. The van der Waals surface area contributed by atoms with Gasteiger partial charge in [0.25, 0.3) is 0 Å². The fraction of sp³-hybridized carbons (Fsp3) is 0.500. The minimum atomic E-state index is -0.637. The first-order chi connectivity index (χ1) is 14.5. The van der Waals surface area contributed by atoms with Crippen molar-refractivity contribution in [1.29, 1.82) is 0 Å². The number of nitrogens with one attached hydrogen (secondary N) is 2. The molecule has 1 amide bonds. The topological polar surface area (TPSA) is 70.2 Å². The molecule has 2 fully saturated rings. The van der Waals surface area contributed by atoms with Gasteiger partial charge >= 0.3 is 0 Å². The number of hydrogen-bond acceptors (Lipinski definition) is 5. The number of benzene rings is 1. The van der Waals surface area contributed by atoms with E-state index in [0.29, 0.717) is 23.9 Å². The van der Waals surface area contributed by atoms with Gasteiger partial charge in [-0.15, -0.1) is 0 Å². The monoisotopic (exact) mass is 415 g/mol. The maximum Gasteiger partial charge on any atom is 0.220 e. The number of carbonyl (C=O) groups is 1. The van der Waals surface area contributed by atoms with Gasteiger partial charge in [0.15, 0.2) is 0 Å². The minimum Gasteiger partial charge on any atom is -0.367 e. The molecule has 0 radical (unpaired) electrons. The van der Waals surface area contributed by atoms with Gasteiger partial charge in [-0.3, -0.25) is 4.79 Å². The Morgan fingerprint density at radius 1 is 1.10 bits per heavy atom. The van der Waals surface area contributed by atoms with Crippen molar-refractivity contribution in [2.75, 3.05) is 23.3 Å². The number of hydrogen-bond donors (Lipinski definition) is 2. The van der Waals surface area contributed by atoms with Crippen molar-refractivity contribution in [1.82, 2.24) is 15.3 Å². The van der Waals surface area contributed by atoms with Gasteiger partial charge < -0.3 is 15.5 Å². The lowest BCUT2D eigenvalue weighted by Gasteiger charge is -2.33. The molecule has 1 saturated heterocycles. The van der Waals surface area contributed by atoms with Gasteiger partial charge in [0.2, 0.25) is 5.91 Å². The predicted octanol–water partition coefficient (Wildman–Crippen LogP) is 3.64. The van der Waals surface area contributed by atoms with Crippen molar-refractivity contribution in [2.24, 2.45) is 5.92 Å². The van der Waals surface area contributed by atoms with E-state index in [1.54, 1.807) is 6.33 Å². The molecule has 1 unspecified atom stereocenters. The van der Waals surface area contributed by atoms with Crippen LogP contribution in [0, 0.1) is 17.6 Å². The summed E-state index contributed by atoms with van der Waals surface area (Å²) in [5, 5.41) is 6.16. The summed E-state index contributed by atoms with van der Waals surface area (Å²) < 4.78 is 26.5. The molecule has 4 rings (SSSR count). The summed E-state index contributed by atoms with van der Waals surface area (Å²) in [6.07, 6.45) is 7.31. The largest absolute Gasteiger partial charge is 0.367 e. The Hall–Kier alpha value is -2.77. The van der Waals surface area contributed by atoms with E-state index in [4.69, 9.17) is 0 Å². The standard InChI is InChI=1S/C22H27F2N5O/c23-17-8-16(9-18(24)10-17)12-25-22(30)6-3-15-2-1-7-29(13-15)21-11-20(26-14-27-21)28-19-4-5-19/h8-11,14-15,19H,1-7,12-13H2,(H,25,30)(H,26,27,28). The summed E-state index contributed by atoms with van der Waals surface area (Å²) >= 11 is 0. The highest BCUT2D eigenvalue weighted by atomic mass is 19.1. The van der Waals surface area contributed by atoms with Gasteiger partial charge in [-0.25, -0.2) is 18.7 Å². The van der Waals surface area contributed by atoms with E-state index in [2.05, 4.69) is 25.5 Å². The Kier molecular flexibility index (Phi) is 6.40. The van der Waals surface area contributed by atoms with Crippen molar-refractivity contribution in [3.8, 4) is 0 Å². The average molecular weight is 415 g/mol. The zero-order chi connectivity index (χ0) is 20.9. The molecule has 160 valence electrons. The zero-order valence-corrected chi connectivity index (χ0v) is 16.9. The molecule has 1 saturated carbocycles. The van der Waals surface area contributed by atoms with Gasteiger partial charge in [-0.2, -0.15) is 0 Å². The van der Waals surface area contributed by atoms with Crippen LogP contribution < -0.4 is 15.5 Å².